The molecule has 2 aromatic carbocycles. The highest BCUT2D eigenvalue weighted by Crippen LogP contribution is 2.38. The molecule has 0 spiro atoms. The van der Waals surface area contributed by atoms with Gasteiger partial charge in [0.05, 0.1) is 12.0 Å². The first-order chi connectivity index (χ1) is 11.3. The van der Waals surface area contributed by atoms with Crippen molar-refractivity contribution in [2.45, 2.75) is 22.3 Å². The lowest BCUT2D eigenvalue weighted by Gasteiger charge is -2.14. The van der Waals surface area contributed by atoms with Gasteiger partial charge < -0.3 is 20.7 Å². The Bertz CT molecular complexity index is 848. The van der Waals surface area contributed by atoms with Crippen LogP contribution in [0.4, 0.5) is 0 Å². The number of esters is 1. The highest BCUT2D eigenvalue weighted by Gasteiger charge is 2.28. The summed E-state index contributed by atoms with van der Waals surface area (Å²) in [5, 5.41) is 20.3. The van der Waals surface area contributed by atoms with Gasteiger partial charge in [0.25, 0.3) is 0 Å². The van der Waals surface area contributed by atoms with Gasteiger partial charge in [0.15, 0.2) is 4.90 Å². The van der Waals surface area contributed by atoms with Crippen LogP contribution < -0.4 is 5.73 Å². The van der Waals surface area contributed by atoms with Crippen molar-refractivity contribution in [2.75, 3.05) is 7.11 Å². The molecule has 0 bridgehead atoms. The summed E-state index contributed by atoms with van der Waals surface area (Å²) in [7, 11) is -2.97. The van der Waals surface area contributed by atoms with E-state index in [-0.39, 0.29) is 16.9 Å². The molecule has 0 aromatic heterocycles. The molecule has 1 unspecified atom stereocenters. The lowest BCUT2D eigenvalue weighted by Crippen LogP contribution is -2.33. The Kier molecular flexibility index (Phi) is 5.10. The SMILES string of the molecule is COC(=O)C(N)Cc1ccc(O)c(S(=O)(=O)c2ccccc2)c1O. The van der Waals surface area contributed by atoms with Crippen LogP contribution in [0.2, 0.25) is 0 Å². The number of rotatable bonds is 5. The minimum absolute atomic E-state index is 0.0787. The Morgan fingerprint density at radius 1 is 1.17 bits per heavy atom. The van der Waals surface area contributed by atoms with Crippen molar-refractivity contribution in [1.82, 2.24) is 0 Å². The van der Waals surface area contributed by atoms with Crippen molar-refractivity contribution in [3.8, 4) is 11.5 Å². The number of ether oxygens (including phenoxy) is 1. The van der Waals surface area contributed by atoms with Gasteiger partial charge in [-0.1, -0.05) is 24.3 Å². The molecule has 0 saturated heterocycles. The Balaban J connectivity index is 2.52. The summed E-state index contributed by atoms with van der Waals surface area (Å²) in [4.78, 5) is 10.7. The highest BCUT2D eigenvalue weighted by atomic mass is 32.2. The number of aromatic hydroxyl groups is 2. The number of sulfone groups is 1. The normalized spacial score (nSPS) is 12.6. The van der Waals surface area contributed by atoms with Crippen molar-refractivity contribution >= 4 is 15.8 Å². The van der Waals surface area contributed by atoms with E-state index < -0.39 is 38.2 Å². The van der Waals surface area contributed by atoms with Gasteiger partial charge in [0.2, 0.25) is 9.84 Å². The maximum atomic E-state index is 12.7. The van der Waals surface area contributed by atoms with Gasteiger partial charge >= 0.3 is 5.97 Å². The van der Waals surface area contributed by atoms with E-state index in [4.69, 9.17) is 5.73 Å². The molecule has 0 radical (unpaired) electrons. The van der Waals surface area contributed by atoms with Crippen LogP contribution in [0, 0.1) is 0 Å². The zero-order chi connectivity index (χ0) is 17.9. The summed E-state index contributed by atoms with van der Waals surface area (Å²) in [6, 6.07) is 8.76. The monoisotopic (exact) mass is 351 g/mol. The predicted octanol–water partition coefficient (Wildman–Crippen LogP) is 0.973. The first-order valence-electron chi connectivity index (χ1n) is 6.96. The van der Waals surface area contributed by atoms with Gasteiger partial charge in [0, 0.05) is 6.42 Å². The molecular weight excluding hydrogens is 334 g/mol. The summed E-state index contributed by atoms with van der Waals surface area (Å²) in [5.74, 6) is -1.93. The Hall–Kier alpha value is -2.58. The number of phenolic OH excluding ortho intramolecular Hbond substituents is 2. The number of phenols is 2. The molecule has 2 aromatic rings. The van der Waals surface area contributed by atoms with Crippen LogP contribution in [0.5, 0.6) is 11.5 Å². The molecule has 24 heavy (non-hydrogen) atoms. The third-order valence-electron chi connectivity index (χ3n) is 3.46. The highest BCUT2D eigenvalue weighted by molar-refractivity contribution is 7.91. The van der Waals surface area contributed by atoms with Crippen molar-refractivity contribution in [3.63, 3.8) is 0 Å². The molecule has 128 valence electrons. The molecule has 0 aliphatic heterocycles. The fraction of sp³-hybridized carbons (Fsp3) is 0.188. The number of hydrogen-bond acceptors (Lipinski definition) is 7. The minimum atomic E-state index is -4.14. The Morgan fingerprint density at radius 2 is 1.79 bits per heavy atom. The molecule has 7 nitrogen and oxygen atoms in total. The fourth-order valence-corrected chi connectivity index (χ4v) is 3.70. The van der Waals surface area contributed by atoms with Gasteiger partial charge in [-0.2, -0.15) is 0 Å². The average Bonchev–Trinajstić information content (AvgIpc) is 2.57. The van der Waals surface area contributed by atoms with Crippen LogP contribution in [-0.4, -0.2) is 37.8 Å². The molecule has 0 aliphatic carbocycles. The second kappa shape index (κ2) is 6.90. The van der Waals surface area contributed by atoms with Gasteiger partial charge in [-0.05, 0) is 23.8 Å². The zero-order valence-corrected chi connectivity index (χ0v) is 13.7. The van der Waals surface area contributed by atoms with E-state index in [0.717, 1.165) is 6.07 Å². The van der Waals surface area contributed by atoms with Crippen molar-refractivity contribution in [2.24, 2.45) is 5.73 Å². The van der Waals surface area contributed by atoms with Gasteiger partial charge in [-0.25, -0.2) is 8.42 Å². The molecule has 0 saturated carbocycles. The van der Waals surface area contributed by atoms with Crippen LogP contribution in [0.25, 0.3) is 0 Å². The number of nitrogens with two attached hydrogens (primary N) is 1. The third-order valence-corrected chi connectivity index (χ3v) is 5.29. The van der Waals surface area contributed by atoms with Crippen LogP contribution in [0.1, 0.15) is 5.56 Å². The minimum Gasteiger partial charge on any atom is -0.506 e. The number of methoxy groups -OCH3 is 1. The molecule has 2 rings (SSSR count). The molecule has 0 heterocycles. The molecule has 1 atom stereocenters. The molecule has 0 amide bonds. The Morgan fingerprint density at radius 3 is 2.38 bits per heavy atom. The lowest BCUT2D eigenvalue weighted by atomic mass is 10.1. The number of benzene rings is 2. The summed E-state index contributed by atoms with van der Waals surface area (Å²) in [6.45, 7) is 0. The molecule has 4 N–H and O–H groups in total. The third kappa shape index (κ3) is 3.34. The van der Waals surface area contributed by atoms with E-state index in [0.29, 0.717) is 0 Å². The van der Waals surface area contributed by atoms with Crippen LogP contribution >= 0.6 is 0 Å². The first-order valence-corrected chi connectivity index (χ1v) is 8.44. The van der Waals surface area contributed by atoms with E-state index in [1.165, 1.54) is 37.4 Å². The summed E-state index contributed by atoms with van der Waals surface area (Å²) < 4.78 is 29.8. The van der Waals surface area contributed by atoms with E-state index in [9.17, 15) is 23.4 Å². The first kappa shape index (κ1) is 17.8. The zero-order valence-electron chi connectivity index (χ0n) is 12.8. The largest absolute Gasteiger partial charge is 0.506 e. The maximum Gasteiger partial charge on any atom is 0.322 e. The maximum absolute atomic E-state index is 12.7. The smallest absolute Gasteiger partial charge is 0.322 e. The number of carbonyl (C=O) groups excluding carboxylic acids is 1. The van der Waals surface area contributed by atoms with Crippen LogP contribution in [0.15, 0.2) is 52.3 Å². The average molecular weight is 351 g/mol. The molecule has 8 heteroatoms. The van der Waals surface area contributed by atoms with E-state index in [1.807, 2.05) is 0 Å². The van der Waals surface area contributed by atoms with Crippen molar-refractivity contribution < 1.29 is 28.2 Å². The summed E-state index contributed by atoms with van der Waals surface area (Å²) in [5.41, 5.74) is 5.75. The molecule has 0 fully saturated rings. The van der Waals surface area contributed by atoms with Gasteiger partial charge in [-0.15, -0.1) is 0 Å². The summed E-state index contributed by atoms with van der Waals surface area (Å²) >= 11 is 0. The standard InChI is InChI=1S/C16H17NO6S/c1-23-16(20)12(17)9-10-7-8-13(18)15(14(10)19)24(21,22)11-5-3-2-4-6-11/h2-8,12,18-19H,9,17H2,1H3. The van der Waals surface area contributed by atoms with Crippen LogP contribution in [-0.2, 0) is 25.8 Å². The number of hydrogen-bond donors (Lipinski definition) is 3. The molecule has 0 aliphatic rings. The second-order valence-electron chi connectivity index (χ2n) is 5.07. The Labute approximate surface area is 139 Å². The van der Waals surface area contributed by atoms with Crippen molar-refractivity contribution in [3.05, 3.63) is 48.0 Å². The van der Waals surface area contributed by atoms with Gasteiger partial charge in [-0.3, -0.25) is 4.79 Å². The lowest BCUT2D eigenvalue weighted by molar-refractivity contribution is -0.142. The second-order valence-corrected chi connectivity index (χ2v) is 6.96. The van der Waals surface area contributed by atoms with E-state index >= 15 is 0 Å². The number of carbonyl (C=O) groups is 1. The van der Waals surface area contributed by atoms with Crippen molar-refractivity contribution in [1.29, 1.82) is 0 Å². The topological polar surface area (TPSA) is 127 Å². The summed E-state index contributed by atoms with van der Waals surface area (Å²) in [6.07, 6.45) is -0.143. The van der Waals surface area contributed by atoms with Gasteiger partial charge in [0.1, 0.15) is 17.5 Å². The van der Waals surface area contributed by atoms with Crippen LogP contribution in [0.3, 0.4) is 0 Å². The predicted molar refractivity (Wildman–Crippen MR) is 85.4 cm³/mol. The van der Waals surface area contributed by atoms with E-state index in [1.54, 1.807) is 6.07 Å². The fourth-order valence-electron chi connectivity index (χ4n) is 2.22. The van der Waals surface area contributed by atoms with E-state index in [2.05, 4.69) is 4.74 Å². The molecular formula is C16H17NO6S. The quantitative estimate of drug-likeness (QED) is 0.685.